The van der Waals surface area contributed by atoms with E-state index in [-0.39, 0.29) is 11.5 Å². The summed E-state index contributed by atoms with van der Waals surface area (Å²) in [5.41, 5.74) is 3.55. The molecule has 6 heteroatoms. The van der Waals surface area contributed by atoms with E-state index in [4.69, 9.17) is 4.74 Å². The highest BCUT2D eigenvalue weighted by molar-refractivity contribution is 5.97. The van der Waals surface area contributed by atoms with Crippen molar-refractivity contribution in [2.24, 2.45) is 0 Å². The van der Waals surface area contributed by atoms with Gasteiger partial charge in [0.1, 0.15) is 6.17 Å². The van der Waals surface area contributed by atoms with Gasteiger partial charge in [-0.2, -0.15) is 0 Å². The summed E-state index contributed by atoms with van der Waals surface area (Å²) >= 11 is 0. The van der Waals surface area contributed by atoms with Crippen molar-refractivity contribution in [3.63, 3.8) is 0 Å². The minimum absolute atomic E-state index is 0.0161. The zero-order chi connectivity index (χ0) is 19.0. The predicted octanol–water partition coefficient (Wildman–Crippen LogP) is 3.70. The number of benzene rings is 1. The number of rotatable bonds is 3. The molecule has 1 fully saturated rings. The summed E-state index contributed by atoms with van der Waals surface area (Å²) in [5.74, 6) is -0.0161. The fourth-order valence-electron chi connectivity index (χ4n) is 3.82. The van der Waals surface area contributed by atoms with E-state index in [2.05, 4.69) is 35.4 Å². The van der Waals surface area contributed by atoms with Crippen LogP contribution in [0.5, 0.6) is 0 Å². The molecule has 27 heavy (non-hydrogen) atoms. The van der Waals surface area contributed by atoms with Gasteiger partial charge in [0.25, 0.3) is 5.91 Å². The lowest BCUT2D eigenvalue weighted by Crippen LogP contribution is -2.39. The summed E-state index contributed by atoms with van der Waals surface area (Å²) in [6.45, 7) is 3.72. The van der Waals surface area contributed by atoms with E-state index in [0.717, 1.165) is 23.5 Å². The third-order valence-corrected chi connectivity index (χ3v) is 5.77. The van der Waals surface area contributed by atoms with Gasteiger partial charge in [-0.05, 0) is 44.0 Å². The molecule has 5 nitrogen and oxygen atoms in total. The van der Waals surface area contributed by atoms with Crippen molar-refractivity contribution in [1.82, 2.24) is 4.90 Å². The Labute approximate surface area is 159 Å². The molecule has 1 aromatic carbocycles. The zero-order valence-electron chi connectivity index (χ0n) is 15.9. The lowest BCUT2D eigenvalue weighted by Gasteiger charge is -2.30. The molecule has 0 bridgehead atoms. The molecule has 1 aromatic rings. The number of amides is 1. The first-order valence-corrected chi connectivity index (χ1v) is 9.52. The van der Waals surface area contributed by atoms with Crippen molar-refractivity contribution >= 4 is 17.3 Å². The van der Waals surface area contributed by atoms with Gasteiger partial charge in [0.15, 0.2) is 0 Å². The van der Waals surface area contributed by atoms with Crippen molar-refractivity contribution in [2.45, 2.75) is 38.0 Å². The number of hydrogen-bond acceptors (Lipinski definition) is 4. The van der Waals surface area contributed by atoms with E-state index in [1.54, 1.807) is 12.0 Å². The second-order valence-corrected chi connectivity index (χ2v) is 7.64. The van der Waals surface area contributed by atoms with Gasteiger partial charge in [-0.25, -0.2) is 4.39 Å². The SMILES string of the molecule is COC1(C)C=CC(N2CNc3cc(C(=O)N4CCC(F)CC4)ccc32)=CC1. The fraction of sp³-hybridized carbons (Fsp3) is 0.476. The third-order valence-electron chi connectivity index (χ3n) is 5.77. The van der Waals surface area contributed by atoms with Gasteiger partial charge in [0, 0.05) is 37.9 Å². The summed E-state index contributed by atoms with van der Waals surface area (Å²) in [5, 5.41) is 3.38. The molecule has 3 aliphatic rings. The number of likely N-dealkylation sites (tertiary alicyclic amines) is 1. The van der Waals surface area contributed by atoms with Crippen LogP contribution in [0.25, 0.3) is 0 Å². The maximum atomic E-state index is 13.3. The van der Waals surface area contributed by atoms with Crippen LogP contribution in [-0.2, 0) is 4.74 Å². The van der Waals surface area contributed by atoms with Gasteiger partial charge in [0.2, 0.25) is 0 Å². The van der Waals surface area contributed by atoms with Crippen LogP contribution in [0.2, 0.25) is 0 Å². The van der Waals surface area contributed by atoms with Crippen molar-refractivity contribution < 1.29 is 13.9 Å². The van der Waals surface area contributed by atoms with Crippen LogP contribution < -0.4 is 10.2 Å². The largest absolute Gasteiger partial charge is 0.374 e. The average molecular weight is 371 g/mol. The molecule has 1 N–H and O–H groups in total. The van der Waals surface area contributed by atoms with E-state index < -0.39 is 6.17 Å². The highest BCUT2D eigenvalue weighted by atomic mass is 19.1. The number of halogens is 1. The summed E-state index contributed by atoms with van der Waals surface area (Å²) in [6.07, 6.45) is 7.27. The number of methoxy groups -OCH3 is 1. The molecule has 0 spiro atoms. The van der Waals surface area contributed by atoms with Crippen molar-refractivity contribution in [3.05, 3.63) is 47.7 Å². The van der Waals surface area contributed by atoms with E-state index >= 15 is 0 Å². The molecule has 1 unspecified atom stereocenters. The van der Waals surface area contributed by atoms with Gasteiger partial charge in [0.05, 0.1) is 23.6 Å². The normalized spacial score (nSPS) is 25.2. The van der Waals surface area contributed by atoms with Gasteiger partial charge in [-0.1, -0.05) is 12.2 Å². The Balaban J connectivity index is 1.50. The number of anilines is 2. The number of carbonyl (C=O) groups is 1. The summed E-state index contributed by atoms with van der Waals surface area (Å²) in [7, 11) is 1.73. The van der Waals surface area contributed by atoms with Gasteiger partial charge in [-0.3, -0.25) is 4.79 Å². The van der Waals surface area contributed by atoms with Crippen LogP contribution in [-0.4, -0.2) is 49.4 Å². The molecule has 2 aliphatic heterocycles. The lowest BCUT2D eigenvalue weighted by atomic mass is 9.95. The smallest absolute Gasteiger partial charge is 0.253 e. The van der Waals surface area contributed by atoms with Crippen LogP contribution in [0.1, 0.15) is 36.5 Å². The Kier molecular flexibility index (Phi) is 4.68. The number of alkyl halides is 1. The van der Waals surface area contributed by atoms with Crippen LogP contribution in [0, 0.1) is 0 Å². The van der Waals surface area contributed by atoms with E-state index in [9.17, 15) is 9.18 Å². The molecule has 144 valence electrons. The highest BCUT2D eigenvalue weighted by Gasteiger charge is 2.28. The van der Waals surface area contributed by atoms with Gasteiger partial charge < -0.3 is 19.9 Å². The molecule has 4 rings (SSSR count). The summed E-state index contributed by atoms with van der Waals surface area (Å²) in [6, 6.07) is 5.77. The lowest BCUT2D eigenvalue weighted by molar-refractivity contribution is 0.0502. The predicted molar refractivity (Wildman–Crippen MR) is 105 cm³/mol. The second-order valence-electron chi connectivity index (χ2n) is 7.64. The number of nitrogens with one attached hydrogen (secondary N) is 1. The molecule has 1 saturated heterocycles. The number of fused-ring (bicyclic) bond motifs is 1. The molecule has 0 radical (unpaired) electrons. The van der Waals surface area contributed by atoms with Crippen LogP contribution in [0.4, 0.5) is 15.8 Å². The maximum Gasteiger partial charge on any atom is 0.253 e. The first kappa shape index (κ1) is 18.0. The van der Waals surface area contributed by atoms with Crippen molar-refractivity contribution in [3.8, 4) is 0 Å². The number of nitrogens with zero attached hydrogens (tertiary/aromatic N) is 2. The quantitative estimate of drug-likeness (QED) is 0.880. The first-order valence-electron chi connectivity index (χ1n) is 9.52. The summed E-state index contributed by atoms with van der Waals surface area (Å²) in [4.78, 5) is 16.7. The number of hydrogen-bond donors (Lipinski definition) is 1. The average Bonchev–Trinajstić information content (AvgIpc) is 3.12. The standard InChI is InChI=1S/C21H26FN3O2/c1-21(27-2)9-5-17(6-10-21)25-14-23-18-13-15(3-4-19(18)25)20(26)24-11-7-16(22)8-12-24/h3-6,9,13,16,23H,7-8,10-12,14H2,1-2H3. The first-order chi connectivity index (χ1) is 13.0. The molecular formula is C21H26FN3O2. The Morgan fingerprint density at radius 2 is 2.11 bits per heavy atom. The number of allylic oxidation sites excluding steroid dienone is 1. The third kappa shape index (κ3) is 3.46. The number of piperidine rings is 1. The Bertz CT molecular complexity index is 799. The van der Waals surface area contributed by atoms with E-state index in [0.29, 0.717) is 38.2 Å². The molecule has 2 heterocycles. The van der Waals surface area contributed by atoms with Crippen LogP contribution in [0.3, 0.4) is 0 Å². The Morgan fingerprint density at radius 3 is 2.78 bits per heavy atom. The molecule has 0 saturated carbocycles. The molecule has 0 aromatic heterocycles. The van der Waals surface area contributed by atoms with Gasteiger partial charge in [-0.15, -0.1) is 0 Å². The minimum Gasteiger partial charge on any atom is -0.374 e. The monoisotopic (exact) mass is 371 g/mol. The Morgan fingerprint density at radius 1 is 1.33 bits per heavy atom. The van der Waals surface area contributed by atoms with Crippen LogP contribution >= 0.6 is 0 Å². The maximum absolute atomic E-state index is 13.3. The topological polar surface area (TPSA) is 44.8 Å². The van der Waals surface area contributed by atoms with Crippen molar-refractivity contribution in [1.29, 1.82) is 0 Å². The fourth-order valence-corrected chi connectivity index (χ4v) is 3.82. The Hall–Kier alpha value is -2.34. The molecular weight excluding hydrogens is 345 g/mol. The van der Waals surface area contributed by atoms with E-state index in [1.165, 1.54) is 0 Å². The number of ether oxygens (including phenoxy) is 1. The van der Waals surface area contributed by atoms with Crippen molar-refractivity contribution in [2.75, 3.05) is 37.1 Å². The number of carbonyl (C=O) groups excluding carboxylic acids is 1. The molecule has 1 atom stereocenters. The molecule has 1 aliphatic carbocycles. The molecule has 1 amide bonds. The summed E-state index contributed by atoms with van der Waals surface area (Å²) < 4.78 is 18.9. The minimum atomic E-state index is -0.777. The highest BCUT2D eigenvalue weighted by Crippen LogP contribution is 2.37. The van der Waals surface area contributed by atoms with Gasteiger partial charge >= 0.3 is 0 Å². The van der Waals surface area contributed by atoms with Crippen LogP contribution in [0.15, 0.2) is 42.1 Å². The van der Waals surface area contributed by atoms with E-state index in [1.807, 2.05) is 18.2 Å². The zero-order valence-corrected chi connectivity index (χ0v) is 15.9. The second kappa shape index (κ2) is 7.00.